The van der Waals surface area contributed by atoms with Crippen molar-refractivity contribution in [2.24, 2.45) is 0 Å². The lowest BCUT2D eigenvalue weighted by Gasteiger charge is -2.02. The van der Waals surface area contributed by atoms with Crippen molar-refractivity contribution < 1.29 is 4.79 Å². The van der Waals surface area contributed by atoms with E-state index < -0.39 is 0 Å². The molecule has 0 spiro atoms. The van der Waals surface area contributed by atoms with Crippen LogP contribution >= 0.6 is 11.3 Å². The molecule has 1 heterocycles. The minimum atomic E-state index is -0.106. The van der Waals surface area contributed by atoms with Crippen molar-refractivity contribution >= 4 is 28.1 Å². The SMILES string of the molecule is CCCNc1nc(C)c(C(=O)Nc2ccccc2)s1. The third-order valence-electron chi connectivity index (χ3n) is 2.56. The lowest BCUT2D eigenvalue weighted by atomic mass is 10.3. The van der Waals surface area contributed by atoms with Gasteiger partial charge in [0.05, 0.1) is 5.69 Å². The van der Waals surface area contributed by atoms with Gasteiger partial charge in [-0.3, -0.25) is 4.79 Å². The molecule has 2 N–H and O–H groups in total. The Labute approximate surface area is 116 Å². The number of hydrogen-bond acceptors (Lipinski definition) is 4. The highest BCUT2D eigenvalue weighted by Gasteiger charge is 2.15. The van der Waals surface area contributed by atoms with Crippen molar-refractivity contribution in [3.05, 3.63) is 40.9 Å². The van der Waals surface area contributed by atoms with Gasteiger partial charge in [0.25, 0.3) is 5.91 Å². The van der Waals surface area contributed by atoms with Crippen molar-refractivity contribution in [2.75, 3.05) is 17.2 Å². The van der Waals surface area contributed by atoms with Crippen LogP contribution in [0.2, 0.25) is 0 Å². The molecule has 0 unspecified atom stereocenters. The van der Waals surface area contributed by atoms with Crippen LogP contribution in [-0.2, 0) is 0 Å². The second-order valence-corrected chi connectivity index (χ2v) is 5.18. The Balaban J connectivity index is 2.08. The molecule has 100 valence electrons. The average Bonchev–Trinajstić information content (AvgIpc) is 2.79. The van der Waals surface area contributed by atoms with Gasteiger partial charge in [-0.25, -0.2) is 4.98 Å². The molecule has 2 aromatic rings. The van der Waals surface area contributed by atoms with Crippen LogP contribution in [0.5, 0.6) is 0 Å². The maximum Gasteiger partial charge on any atom is 0.267 e. The average molecular weight is 275 g/mol. The highest BCUT2D eigenvalue weighted by Crippen LogP contribution is 2.23. The number of hydrogen-bond donors (Lipinski definition) is 2. The summed E-state index contributed by atoms with van der Waals surface area (Å²) in [5.74, 6) is -0.106. The van der Waals surface area contributed by atoms with E-state index in [4.69, 9.17) is 0 Å². The number of nitrogens with zero attached hydrogens (tertiary/aromatic N) is 1. The summed E-state index contributed by atoms with van der Waals surface area (Å²) in [6.45, 7) is 4.82. The summed E-state index contributed by atoms with van der Waals surface area (Å²) >= 11 is 1.39. The molecular weight excluding hydrogens is 258 g/mol. The first-order valence-electron chi connectivity index (χ1n) is 6.28. The quantitative estimate of drug-likeness (QED) is 0.877. The molecule has 1 aromatic carbocycles. The van der Waals surface area contributed by atoms with Crippen molar-refractivity contribution in [1.29, 1.82) is 0 Å². The molecule has 0 saturated carbocycles. The van der Waals surface area contributed by atoms with Crippen LogP contribution < -0.4 is 10.6 Å². The number of nitrogens with one attached hydrogen (secondary N) is 2. The van der Waals surface area contributed by atoms with E-state index in [-0.39, 0.29) is 5.91 Å². The van der Waals surface area contributed by atoms with E-state index in [0.29, 0.717) is 4.88 Å². The number of rotatable bonds is 5. The second kappa shape index (κ2) is 6.33. The fourth-order valence-corrected chi connectivity index (χ4v) is 2.51. The van der Waals surface area contributed by atoms with Crippen LogP contribution in [0, 0.1) is 6.92 Å². The Hall–Kier alpha value is -1.88. The van der Waals surface area contributed by atoms with Gasteiger partial charge >= 0.3 is 0 Å². The van der Waals surface area contributed by atoms with E-state index in [1.807, 2.05) is 37.3 Å². The molecule has 0 fully saturated rings. The molecule has 1 amide bonds. The number of carbonyl (C=O) groups is 1. The molecule has 19 heavy (non-hydrogen) atoms. The van der Waals surface area contributed by atoms with Gasteiger partial charge in [-0.1, -0.05) is 36.5 Å². The summed E-state index contributed by atoms with van der Waals surface area (Å²) in [6.07, 6.45) is 1.03. The van der Waals surface area contributed by atoms with Crippen molar-refractivity contribution in [3.63, 3.8) is 0 Å². The number of thiazole rings is 1. The van der Waals surface area contributed by atoms with Gasteiger partial charge in [-0.05, 0) is 25.5 Å². The predicted octanol–water partition coefficient (Wildman–Crippen LogP) is 3.53. The zero-order valence-corrected chi connectivity index (χ0v) is 11.9. The van der Waals surface area contributed by atoms with E-state index in [2.05, 4.69) is 22.5 Å². The third kappa shape index (κ3) is 3.54. The first-order valence-corrected chi connectivity index (χ1v) is 7.10. The van der Waals surface area contributed by atoms with Crippen LogP contribution in [0.25, 0.3) is 0 Å². The fourth-order valence-electron chi connectivity index (χ4n) is 1.62. The molecule has 5 heteroatoms. The fraction of sp³-hybridized carbons (Fsp3) is 0.286. The zero-order valence-electron chi connectivity index (χ0n) is 11.1. The minimum Gasteiger partial charge on any atom is -0.362 e. The Morgan fingerprint density at radius 3 is 2.74 bits per heavy atom. The molecule has 0 bridgehead atoms. The summed E-state index contributed by atoms with van der Waals surface area (Å²) < 4.78 is 0. The van der Waals surface area contributed by atoms with Gasteiger partial charge < -0.3 is 10.6 Å². The van der Waals surface area contributed by atoms with E-state index in [1.165, 1.54) is 11.3 Å². The molecule has 0 aliphatic heterocycles. The van der Waals surface area contributed by atoms with E-state index >= 15 is 0 Å². The number of aryl methyl sites for hydroxylation is 1. The van der Waals surface area contributed by atoms with Gasteiger partial charge in [0, 0.05) is 12.2 Å². The Morgan fingerprint density at radius 2 is 2.05 bits per heavy atom. The first-order chi connectivity index (χ1) is 9.20. The molecule has 4 nitrogen and oxygen atoms in total. The molecule has 0 aliphatic rings. The van der Waals surface area contributed by atoms with E-state index in [1.54, 1.807) is 0 Å². The maximum atomic E-state index is 12.2. The second-order valence-electron chi connectivity index (χ2n) is 4.18. The summed E-state index contributed by atoms with van der Waals surface area (Å²) in [4.78, 5) is 17.2. The van der Waals surface area contributed by atoms with Crippen molar-refractivity contribution in [1.82, 2.24) is 4.98 Å². The summed E-state index contributed by atoms with van der Waals surface area (Å²) in [6, 6.07) is 9.43. The molecule has 0 radical (unpaired) electrons. The van der Waals surface area contributed by atoms with Crippen LogP contribution in [0.1, 0.15) is 28.7 Å². The highest BCUT2D eigenvalue weighted by molar-refractivity contribution is 7.17. The largest absolute Gasteiger partial charge is 0.362 e. The molecule has 0 aliphatic carbocycles. The molecule has 2 rings (SSSR count). The van der Waals surface area contributed by atoms with Crippen LogP contribution in [0.4, 0.5) is 10.8 Å². The number of amides is 1. The van der Waals surface area contributed by atoms with Gasteiger partial charge in [0.15, 0.2) is 5.13 Å². The Kier molecular flexibility index (Phi) is 4.52. The summed E-state index contributed by atoms with van der Waals surface area (Å²) in [5, 5.41) is 6.88. The van der Waals surface area contributed by atoms with Gasteiger partial charge in [0.2, 0.25) is 0 Å². The van der Waals surface area contributed by atoms with Gasteiger partial charge in [-0.2, -0.15) is 0 Å². The Bertz CT molecular complexity index is 551. The van der Waals surface area contributed by atoms with Gasteiger partial charge in [-0.15, -0.1) is 0 Å². The standard InChI is InChI=1S/C14H17N3OS/c1-3-9-15-14-16-10(2)12(19-14)13(18)17-11-7-5-4-6-8-11/h4-8H,3,9H2,1-2H3,(H,15,16)(H,17,18). The topological polar surface area (TPSA) is 54.0 Å². The summed E-state index contributed by atoms with van der Waals surface area (Å²) in [5.41, 5.74) is 1.56. The lowest BCUT2D eigenvalue weighted by Crippen LogP contribution is -2.11. The third-order valence-corrected chi connectivity index (χ3v) is 3.67. The van der Waals surface area contributed by atoms with Crippen LogP contribution in [0.3, 0.4) is 0 Å². The monoisotopic (exact) mass is 275 g/mol. The molecular formula is C14H17N3OS. The lowest BCUT2D eigenvalue weighted by molar-refractivity contribution is 0.103. The zero-order chi connectivity index (χ0) is 13.7. The Morgan fingerprint density at radius 1 is 1.32 bits per heavy atom. The highest BCUT2D eigenvalue weighted by atomic mass is 32.1. The number of carbonyl (C=O) groups excluding carboxylic acids is 1. The molecule has 0 atom stereocenters. The maximum absolute atomic E-state index is 12.2. The van der Waals surface area contributed by atoms with Crippen LogP contribution in [-0.4, -0.2) is 17.4 Å². The van der Waals surface area contributed by atoms with Crippen molar-refractivity contribution in [3.8, 4) is 0 Å². The minimum absolute atomic E-state index is 0.106. The number of anilines is 2. The van der Waals surface area contributed by atoms with E-state index in [9.17, 15) is 4.79 Å². The van der Waals surface area contributed by atoms with Crippen molar-refractivity contribution in [2.45, 2.75) is 20.3 Å². The molecule has 1 aromatic heterocycles. The molecule has 0 saturated heterocycles. The number of para-hydroxylation sites is 1. The van der Waals surface area contributed by atoms with Crippen LogP contribution in [0.15, 0.2) is 30.3 Å². The normalized spacial score (nSPS) is 10.2. The smallest absolute Gasteiger partial charge is 0.267 e. The van der Waals surface area contributed by atoms with E-state index in [0.717, 1.165) is 29.5 Å². The predicted molar refractivity (Wildman–Crippen MR) is 80.0 cm³/mol. The summed E-state index contributed by atoms with van der Waals surface area (Å²) in [7, 11) is 0. The first kappa shape index (κ1) is 13.5. The number of benzene rings is 1. The number of aromatic nitrogens is 1. The van der Waals surface area contributed by atoms with Gasteiger partial charge in [0.1, 0.15) is 4.88 Å².